The summed E-state index contributed by atoms with van der Waals surface area (Å²) in [6.45, 7) is 3.52. The first kappa shape index (κ1) is 9.62. The maximum atomic E-state index is 4.40. The first-order valence-electron chi connectivity index (χ1n) is 4.67. The van der Waals surface area contributed by atoms with E-state index in [9.17, 15) is 0 Å². The zero-order valence-corrected chi connectivity index (χ0v) is 9.90. The van der Waals surface area contributed by atoms with Crippen LogP contribution in [0.4, 0.5) is 0 Å². The number of thiazole rings is 1. The van der Waals surface area contributed by atoms with Gasteiger partial charge in [-0.05, 0) is 41.9 Å². The Balaban J connectivity index is 1.89. The molecule has 0 spiro atoms. The summed E-state index contributed by atoms with van der Waals surface area (Å²) in [6.07, 6.45) is 4.11. The number of piperidine rings is 1. The van der Waals surface area contributed by atoms with Crippen LogP contribution in [0.1, 0.15) is 25.0 Å². The molecule has 0 bridgehead atoms. The smallest absolute Gasteiger partial charge is 0.159 e. The van der Waals surface area contributed by atoms with Crippen LogP contribution in [-0.2, 0) is 6.54 Å². The molecule has 4 heteroatoms. The van der Waals surface area contributed by atoms with Crippen LogP contribution in [0, 0.1) is 0 Å². The van der Waals surface area contributed by atoms with Crippen molar-refractivity contribution >= 4 is 27.3 Å². The van der Waals surface area contributed by atoms with E-state index in [1.165, 1.54) is 38.0 Å². The first-order valence-corrected chi connectivity index (χ1v) is 6.34. The van der Waals surface area contributed by atoms with Crippen LogP contribution in [0.15, 0.2) is 9.30 Å². The van der Waals surface area contributed by atoms with Gasteiger partial charge in [0.05, 0.1) is 5.69 Å². The normalized spacial score (nSPS) is 19.2. The van der Waals surface area contributed by atoms with Crippen molar-refractivity contribution in [3.63, 3.8) is 0 Å². The second kappa shape index (κ2) is 4.53. The molecule has 2 nitrogen and oxygen atoms in total. The van der Waals surface area contributed by atoms with Crippen molar-refractivity contribution in [2.24, 2.45) is 0 Å². The van der Waals surface area contributed by atoms with Crippen molar-refractivity contribution in [3.8, 4) is 0 Å². The van der Waals surface area contributed by atoms with Crippen LogP contribution in [0.3, 0.4) is 0 Å². The first-order chi connectivity index (χ1) is 6.34. The fourth-order valence-corrected chi connectivity index (χ4v) is 2.74. The van der Waals surface area contributed by atoms with Crippen LogP contribution >= 0.6 is 27.3 Å². The van der Waals surface area contributed by atoms with Crippen molar-refractivity contribution < 1.29 is 0 Å². The molecule has 1 aromatic heterocycles. The Morgan fingerprint density at radius 2 is 2.15 bits per heavy atom. The molecule has 1 saturated heterocycles. The lowest BCUT2D eigenvalue weighted by atomic mass is 10.1. The molecule has 0 radical (unpaired) electrons. The molecular weight excluding hydrogens is 248 g/mol. The van der Waals surface area contributed by atoms with E-state index in [-0.39, 0.29) is 0 Å². The molecule has 0 unspecified atom stereocenters. The van der Waals surface area contributed by atoms with Crippen LogP contribution < -0.4 is 0 Å². The number of rotatable bonds is 2. The van der Waals surface area contributed by atoms with Gasteiger partial charge in [0.25, 0.3) is 0 Å². The van der Waals surface area contributed by atoms with Gasteiger partial charge in [0.1, 0.15) is 0 Å². The molecule has 0 N–H and O–H groups in total. The fourth-order valence-electron chi connectivity index (χ4n) is 1.70. The van der Waals surface area contributed by atoms with Gasteiger partial charge in [-0.3, -0.25) is 4.90 Å². The summed E-state index contributed by atoms with van der Waals surface area (Å²) in [7, 11) is 0. The SMILES string of the molecule is Brc1nc(CN2CCCCC2)cs1. The number of hydrogen-bond donors (Lipinski definition) is 0. The van der Waals surface area contributed by atoms with Crippen LogP contribution in [0.2, 0.25) is 0 Å². The molecule has 1 aromatic rings. The van der Waals surface area contributed by atoms with Gasteiger partial charge in [-0.2, -0.15) is 0 Å². The van der Waals surface area contributed by atoms with E-state index in [1.54, 1.807) is 11.3 Å². The minimum absolute atomic E-state index is 1.000. The molecule has 13 heavy (non-hydrogen) atoms. The number of hydrogen-bond acceptors (Lipinski definition) is 3. The average molecular weight is 261 g/mol. The summed E-state index contributed by atoms with van der Waals surface area (Å²) in [5, 5.41) is 2.14. The lowest BCUT2D eigenvalue weighted by Crippen LogP contribution is -2.29. The lowest BCUT2D eigenvalue weighted by Gasteiger charge is -2.25. The van der Waals surface area contributed by atoms with Crippen molar-refractivity contribution in [1.82, 2.24) is 9.88 Å². The minimum atomic E-state index is 1.000. The third-order valence-electron chi connectivity index (χ3n) is 2.36. The fraction of sp³-hybridized carbons (Fsp3) is 0.667. The van der Waals surface area contributed by atoms with Crippen molar-refractivity contribution in [2.45, 2.75) is 25.8 Å². The predicted molar refractivity (Wildman–Crippen MR) is 58.9 cm³/mol. The maximum Gasteiger partial charge on any atom is 0.159 e. The van der Waals surface area contributed by atoms with Gasteiger partial charge in [0, 0.05) is 11.9 Å². The summed E-state index contributed by atoms with van der Waals surface area (Å²) in [4.78, 5) is 6.89. The van der Waals surface area contributed by atoms with Crippen molar-refractivity contribution in [3.05, 3.63) is 15.0 Å². The molecule has 2 rings (SSSR count). The number of likely N-dealkylation sites (tertiary alicyclic amines) is 1. The molecule has 2 heterocycles. The molecule has 1 aliphatic heterocycles. The maximum absolute atomic E-state index is 4.40. The Morgan fingerprint density at radius 3 is 2.77 bits per heavy atom. The summed E-state index contributed by atoms with van der Waals surface area (Å²) in [6, 6.07) is 0. The van der Waals surface area contributed by atoms with Crippen LogP contribution in [-0.4, -0.2) is 23.0 Å². The Kier molecular flexibility index (Phi) is 3.35. The molecular formula is C9H13BrN2S. The van der Waals surface area contributed by atoms with Gasteiger partial charge in [0.15, 0.2) is 3.92 Å². The van der Waals surface area contributed by atoms with Gasteiger partial charge >= 0.3 is 0 Å². The third-order valence-corrected chi connectivity index (χ3v) is 3.77. The van der Waals surface area contributed by atoms with E-state index < -0.39 is 0 Å². The average Bonchev–Trinajstić information content (AvgIpc) is 2.53. The van der Waals surface area contributed by atoms with E-state index in [0.29, 0.717) is 0 Å². The highest BCUT2D eigenvalue weighted by atomic mass is 79.9. The summed E-state index contributed by atoms with van der Waals surface area (Å²) in [5.74, 6) is 0. The molecule has 0 atom stereocenters. The summed E-state index contributed by atoms with van der Waals surface area (Å²) in [5.41, 5.74) is 1.21. The van der Waals surface area contributed by atoms with Gasteiger partial charge in [-0.1, -0.05) is 6.42 Å². The Morgan fingerprint density at radius 1 is 1.38 bits per heavy atom. The van der Waals surface area contributed by atoms with Gasteiger partial charge < -0.3 is 0 Å². The molecule has 0 amide bonds. The van der Waals surface area contributed by atoms with Crippen molar-refractivity contribution in [2.75, 3.05) is 13.1 Å². The van der Waals surface area contributed by atoms with E-state index in [2.05, 4.69) is 31.2 Å². The molecule has 1 aliphatic rings. The second-order valence-electron chi connectivity index (χ2n) is 3.43. The standard InChI is InChI=1S/C9H13BrN2S/c10-9-11-8(7-13-9)6-12-4-2-1-3-5-12/h7H,1-6H2. The van der Waals surface area contributed by atoms with E-state index >= 15 is 0 Å². The quantitative estimate of drug-likeness (QED) is 0.813. The largest absolute Gasteiger partial charge is 0.297 e. The molecule has 0 aromatic carbocycles. The van der Waals surface area contributed by atoms with Crippen LogP contribution in [0.5, 0.6) is 0 Å². The van der Waals surface area contributed by atoms with Gasteiger partial charge in [-0.25, -0.2) is 4.98 Å². The Bertz CT molecular complexity index is 268. The summed E-state index contributed by atoms with van der Waals surface area (Å²) < 4.78 is 1.000. The lowest BCUT2D eigenvalue weighted by molar-refractivity contribution is 0.219. The zero-order valence-electron chi connectivity index (χ0n) is 7.50. The van der Waals surface area contributed by atoms with Gasteiger partial charge in [0.2, 0.25) is 0 Å². The van der Waals surface area contributed by atoms with E-state index in [1.807, 2.05) is 0 Å². The van der Waals surface area contributed by atoms with E-state index in [0.717, 1.165) is 10.5 Å². The highest BCUT2D eigenvalue weighted by Gasteiger charge is 2.11. The summed E-state index contributed by atoms with van der Waals surface area (Å²) >= 11 is 5.06. The number of aromatic nitrogens is 1. The molecule has 1 fully saturated rings. The monoisotopic (exact) mass is 260 g/mol. The third kappa shape index (κ3) is 2.76. The highest BCUT2D eigenvalue weighted by molar-refractivity contribution is 9.11. The predicted octanol–water partition coefficient (Wildman–Crippen LogP) is 2.89. The Labute approximate surface area is 91.1 Å². The van der Waals surface area contributed by atoms with E-state index in [4.69, 9.17) is 0 Å². The zero-order chi connectivity index (χ0) is 9.10. The topological polar surface area (TPSA) is 16.1 Å². The Hall–Kier alpha value is 0.0700. The number of halogens is 1. The molecule has 72 valence electrons. The molecule has 0 saturated carbocycles. The highest BCUT2D eigenvalue weighted by Crippen LogP contribution is 2.18. The van der Waals surface area contributed by atoms with Crippen molar-refractivity contribution in [1.29, 1.82) is 0 Å². The van der Waals surface area contributed by atoms with Gasteiger partial charge in [-0.15, -0.1) is 11.3 Å². The van der Waals surface area contributed by atoms with Crippen LogP contribution in [0.25, 0.3) is 0 Å². The minimum Gasteiger partial charge on any atom is -0.297 e. The molecule has 0 aliphatic carbocycles. The number of nitrogens with zero attached hydrogens (tertiary/aromatic N) is 2. The second-order valence-corrected chi connectivity index (χ2v) is 5.56.